The molecule has 0 radical (unpaired) electrons. The number of thiophene rings is 1. The summed E-state index contributed by atoms with van der Waals surface area (Å²) in [5.74, 6) is 1.81. The Labute approximate surface area is 155 Å². The number of oxazole rings is 1. The molecular formula is C19H21N3O3S. The predicted molar refractivity (Wildman–Crippen MR) is 97.1 cm³/mol. The minimum absolute atomic E-state index is 0.0547. The van der Waals surface area contributed by atoms with Gasteiger partial charge in [0.1, 0.15) is 6.26 Å². The number of aromatic nitrogens is 1. The van der Waals surface area contributed by atoms with Crippen LogP contribution in [0.1, 0.15) is 58.7 Å². The van der Waals surface area contributed by atoms with Gasteiger partial charge in [-0.2, -0.15) is 4.98 Å². The molecule has 4 bridgehead atoms. The maximum Gasteiger partial charge on any atom is 0.302 e. The quantitative estimate of drug-likeness (QED) is 0.858. The van der Waals surface area contributed by atoms with Gasteiger partial charge in [0, 0.05) is 5.54 Å². The fraction of sp³-hybridized carbons (Fsp3) is 0.526. The van der Waals surface area contributed by atoms with Crippen molar-refractivity contribution < 1.29 is 14.0 Å². The van der Waals surface area contributed by atoms with E-state index in [0.29, 0.717) is 4.88 Å². The zero-order valence-electron chi connectivity index (χ0n) is 14.4. The summed E-state index contributed by atoms with van der Waals surface area (Å²) in [5, 5.41) is 7.68. The highest BCUT2D eigenvalue weighted by atomic mass is 32.1. The van der Waals surface area contributed by atoms with Gasteiger partial charge in [0.05, 0.1) is 4.88 Å². The van der Waals surface area contributed by atoms with E-state index in [1.807, 2.05) is 5.38 Å². The zero-order chi connectivity index (χ0) is 17.7. The second-order valence-electron chi connectivity index (χ2n) is 8.12. The minimum atomic E-state index is -0.283. The average Bonchev–Trinajstić information content (AvgIpc) is 3.24. The van der Waals surface area contributed by atoms with E-state index >= 15 is 0 Å². The largest absolute Gasteiger partial charge is 0.431 e. The van der Waals surface area contributed by atoms with Crippen LogP contribution in [0, 0.1) is 17.8 Å². The Kier molecular flexibility index (Phi) is 3.67. The van der Waals surface area contributed by atoms with E-state index in [4.69, 9.17) is 4.42 Å². The van der Waals surface area contributed by atoms with E-state index in [0.717, 1.165) is 37.0 Å². The molecule has 4 aliphatic rings. The van der Waals surface area contributed by atoms with E-state index in [1.54, 1.807) is 12.1 Å². The van der Waals surface area contributed by atoms with Gasteiger partial charge in [0.25, 0.3) is 11.8 Å². The smallest absolute Gasteiger partial charge is 0.302 e. The van der Waals surface area contributed by atoms with E-state index in [2.05, 4.69) is 15.6 Å². The Morgan fingerprint density at radius 2 is 1.81 bits per heavy atom. The van der Waals surface area contributed by atoms with Gasteiger partial charge in [-0.15, -0.1) is 11.3 Å². The number of hydrogen-bond acceptors (Lipinski definition) is 5. The van der Waals surface area contributed by atoms with Gasteiger partial charge in [0.2, 0.25) is 0 Å². The van der Waals surface area contributed by atoms with Crippen molar-refractivity contribution in [2.24, 2.45) is 17.8 Å². The van der Waals surface area contributed by atoms with Crippen LogP contribution in [0.3, 0.4) is 0 Å². The monoisotopic (exact) mass is 371 g/mol. The van der Waals surface area contributed by atoms with Crippen LogP contribution >= 0.6 is 11.3 Å². The Bertz CT molecular complexity index is 807. The Morgan fingerprint density at radius 3 is 2.42 bits per heavy atom. The van der Waals surface area contributed by atoms with Crippen LogP contribution in [-0.2, 0) is 0 Å². The van der Waals surface area contributed by atoms with Crippen LogP contribution in [0.25, 0.3) is 0 Å². The maximum atomic E-state index is 12.7. The number of nitrogens with one attached hydrogen (secondary N) is 2. The van der Waals surface area contributed by atoms with Crippen molar-refractivity contribution in [3.05, 3.63) is 34.3 Å². The fourth-order valence-electron chi connectivity index (χ4n) is 5.57. The van der Waals surface area contributed by atoms with Gasteiger partial charge >= 0.3 is 6.01 Å². The topological polar surface area (TPSA) is 84.2 Å². The number of hydrogen-bond donors (Lipinski definition) is 2. The van der Waals surface area contributed by atoms with Crippen LogP contribution in [-0.4, -0.2) is 22.3 Å². The molecule has 26 heavy (non-hydrogen) atoms. The van der Waals surface area contributed by atoms with Gasteiger partial charge in [0.15, 0.2) is 5.69 Å². The molecule has 6 rings (SSSR count). The molecule has 0 spiro atoms. The number of carbonyl (C=O) groups is 2. The molecule has 2 aromatic heterocycles. The van der Waals surface area contributed by atoms with Crippen molar-refractivity contribution >= 4 is 29.2 Å². The molecule has 7 heteroatoms. The van der Waals surface area contributed by atoms with Crippen LogP contribution in [0.4, 0.5) is 6.01 Å². The van der Waals surface area contributed by atoms with Crippen molar-refractivity contribution in [3.63, 3.8) is 0 Å². The molecule has 4 aliphatic carbocycles. The molecule has 2 aromatic rings. The Morgan fingerprint density at radius 1 is 1.12 bits per heavy atom. The summed E-state index contributed by atoms with van der Waals surface area (Å²) in [6.45, 7) is 0. The van der Waals surface area contributed by atoms with Crippen molar-refractivity contribution in [2.75, 3.05) is 5.32 Å². The van der Waals surface area contributed by atoms with E-state index in [1.165, 1.54) is 36.9 Å². The first kappa shape index (κ1) is 16.1. The molecule has 6 nitrogen and oxygen atoms in total. The molecule has 2 heterocycles. The lowest BCUT2D eigenvalue weighted by Crippen LogP contribution is -2.59. The van der Waals surface area contributed by atoms with E-state index in [9.17, 15) is 9.59 Å². The fourth-order valence-corrected chi connectivity index (χ4v) is 6.19. The van der Waals surface area contributed by atoms with Gasteiger partial charge in [-0.25, -0.2) is 0 Å². The van der Waals surface area contributed by atoms with Crippen LogP contribution < -0.4 is 10.6 Å². The minimum Gasteiger partial charge on any atom is -0.431 e. The molecule has 0 atom stereocenters. The second kappa shape index (κ2) is 5.94. The third-order valence-electron chi connectivity index (χ3n) is 6.12. The summed E-state index contributed by atoms with van der Waals surface area (Å²) in [6.07, 6.45) is 8.58. The molecule has 2 amide bonds. The van der Waals surface area contributed by atoms with Crippen LogP contribution in [0.2, 0.25) is 0 Å². The third kappa shape index (κ3) is 2.84. The average molecular weight is 371 g/mol. The molecule has 0 aromatic carbocycles. The van der Waals surface area contributed by atoms with Crippen molar-refractivity contribution in [3.8, 4) is 0 Å². The summed E-state index contributed by atoms with van der Waals surface area (Å²) < 4.78 is 5.28. The SMILES string of the molecule is O=C(NC12CC3CC(CC(C3)C1)C2)c1coc(NC(=O)c2cccs2)n1. The maximum absolute atomic E-state index is 12.7. The highest BCUT2D eigenvalue weighted by Crippen LogP contribution is 2.55. The number of amides is 2. The molecule has 136 valence electrons. The summed E-state index contributed by atoms with van der Waals surface area (Å²) in [4.78, 5) is 29.5. The lowest BCUT2D eigenvalue weighted by Gasteiger charge is -2.56. The first-order chi connectivity index (χ1) is 12.6. The summed E-state index contributed by atoms with van der Waals surface area (Å²) in [7, 11) is 0. The summed E-state index contributed by atoms with van der Waals surface area (Å²) in [5.41, 5.74) is 0.160. The van der Waals surface area contributed by atoms with Gasteiger partial charge in [-0.3, -0.25) is 14.9 Å². The Balaban J connectivity index is 1.27. The second-order valence-corrected chi connectivity index (χ2v) is 9.07. The number of anilines is 1. The molecule has 0 saturated heterocycles. The first-order valence-corrected chi connectivity index (χ1v) is 10.1. The van der Waals surface area contributed by atoms with E-state index in [-0.39, 0.29) is 29.1 Å². The Hall–Kier alpha value is -2.15. The van der Waals surface area contributed by atoms with Crippen LogP contribution in [0.5, 0.6) is 0 Å². The molecule has 4 saturated carbocycles. The lowest BCUT2D eigenvalue weighted by atomic mass is 9.53. The zero-order valence-corrected chi connectivity index (χ0v) is 15.2. The van der Waals surface area contributed by atoms with Crippen molar-refractivity contribution in [2.45, 2.75) is 44.1 Å². The van der Waals surface area contributed by atoms with Crippen LogP contribution in [0.15, 0.2) is 28.2 Å². The molecule has 0 unspecified atom stereocenters. The number of rotatable bonds is 4. The molecular weight excluding hydrogens is 350 g/mol. The number of carbonyl (C=O) groups excluding carboxylic acids is 2. The third-order valence-corrected chi connectivity index (χ3v) is 6.99. The van der Waals surface area contributed by atoms with Crippen molar-refractivity contribution in [1.82, 2.24) is 10.3 Å². The molecule has 0 aliphatic heterocycles. The highest BCUT2D eigenvalue weighted by Gasteiger charge is 2.51. The summed E-state index contributed by atoms with van der Waals surface area (Å²) >= 11 is 1.34. The van der Waals surface area contributed by atoms with Gasteiger partial charge in [-0.1, -0.05) is 6.07 Å². The standard InChI is InChI=1S/C19H21N3O3S/c23-16(22-19-7-11-4-12(8-19)6-13(5-11)9-19)14-10-25-18(20-14)21-17(24)15-2-1-3-26-15/h1-3,10-13H,4-9H2,(H,22,23)(H,20,21,24). The highest BCUT2D eigenvalue weighted by molar-refractivity contribution is 7.12. The van der Waals surface area contributed by atoms with E-state index < -0.39 is 0 Å². The number of nitrogens with zero attached hydrogens (tertiary/aromatic N) is 1. The van der Waals surface area contributed by atoms with Gasteiger partial charge in [-0.05, 0) is 67.7 Å². The van der Waals surface area contributed by atoms with Crippen molar-refractivity contribution in [1.29, 1.82) is 0 Å². The predicted octanol–water partition coefficient (Wildman–Crippen LogP) is 3.69. The van der Waals surface area contributed by atoms with Gasteiger partial charge < -0.3 is 9.73 Å². The summed E-state index contributed by atoms with van der Waals surface area (Å²) in [6, 6.07) is 3.59. The normalized spacial score (nSPS) is 31.8. The molecule has 2 N–H and O–H groups in total. The molecule has 4 fully saturated rings. The first-order valence-electron chi connectivity index (χ1n) is 9.21. The lowest BCUT2D eigenvalue weighted by molar-refractivity contribution is -0.0167.